The smallest absolute Gasteiger partial charge is 0.154 e. The molecule has 2 heterocycles. The van der Waals surface area contributed by atoms with Crippen LogP contribution >= 0.6 is 0 Å². The zero-order chi connectivity index (χ0) is 15.7. The lowest BCUT2D eigenvalue weighted by Gasteiger charge is -2.10. The van der Waals surface area contributed by atoms with Crippen molar-refractivity contribution in [3.05, 3.63) is 47.3 Å². The van der Waals surface area contributed by atoms with Gasteiger partial charge in [-0.2, -0.15) is 5.10 Å². The zero-order valence-electron chi connectivity index (χ0n) is 13.6. The first-order valence-electron chi connectivity index (χ1n) is 7.67. The van der Waals surface area contributed by atoms with Crippen LogP contribution < -0.4 is 4.74 Å². The minimum absolute atomic E-state index is 0.730. The summed E-state index contributed by atoms with van der Waals surface area (Å²) in [6.07, 6.45) is 0.999. The third-order valence-electron chi connectivity index (χ3n) is 3.71. The number of imidazole rings is 1. The average Bonchev–Trinajstić information content (AvgIpc) is 2.82. The maximum Gasteiger partial charge on any atom is 0.154 e. The Morgan fingerprint density at radius 1 is 1.09 bits per heavy atom. The van der Waals surface area contributed by atoms with E-state index in [0.29, 0.717) is 0 Å². The Morgan fingerprint density at radius 2 is 1.91 bits per heavy atom. The first-order chi connectivity index (χ1) is 10.6. The van der Waals surface area contributed by atoms with Gasteiger partial charge in [0.15, 0.2) is 5.65 Å². The third kappa shape index (κ3) is 2.56. The predicted octanol–water partition coefficient (Wildman–Crippen LogP) is 4.11. The van der Waals surface area contributed by atoms with Gasteiger partial charge in [0.2, 0.25) is 0 Å². The molecule has 4 heteroatoms. The Balaban J connectivity index is 2.14. The number of nitrogens with zero attached hydrogens (tertiary/aromatic N) is 3. The molecule has 22 heavy (non-hydrogen) atoms. The Morgan fingerprint density at radius 3 is 2.68 bits per heavy atom. The Bertz CT molecular complexity index is 821. The van der Waals surface area contributed by atoms with Crippen LogP contribution in [0.25, 0.3) is 16.9 Å². The second-order valence-electron chi connectivity index (χ2n) is 5.62. The maximum atomic E-state index is 5.85. The van der Waals surface area contributed by atoms with E-state index in [-0.39, 0.29) is 0 Å². The van der Waals surface area contributed by atoms with Crippen LogP contribution in [-0.4, -0.2) is 21.2 Å². The summed E-state index contributed by atoms with van der Waals surface area (Å²) in [4.78, 5) is 4.60. The highest BCUT2D eigenvalue weighted by atomic mass is 16.5. The number of hydrogen-bond donors (Lipinski definition) is 0. The Hall–Kier alpha value is -2.36. The molecule has 0 atom stereocenters. The Kier molecular flexibility index (Phi) is 3.84. The number of ether oxygens (including phenoxy) is 1. The van der Waals surface area contributed by atoms with E-state index in [4.69, 9.17) is 4.74 Å². The molecule has 0 unspecified atom stereocenters. The molecular formula is C18H21N3O. The predicted molar refractivity (Wildman–Crippen MR) is 88.4 cm³/mol. The fourth-order valence-corrected chi connectivity index (χ4v) is 2.58. The number of rotatable bonds is 4. The minimum Gasteiger partial charge on any atom is -0.493 e. The lowest BCUT2D eigenvalue weighted by atomic mass is 10.1. The van der Waals surface area contributed by atoms with Gasteiger partial charge in [0, 0.05) is 5.56 Å². The monoisotopic (exact) mass is 295 g/mol. The summed E-state index contributed by atoms with van der Waals surface area (Å²) >= 11 is 0. The van der Waals surface area contributed by atoms with Gasteiger partial charge in [-0.25, -0.2) is 9.50 Å². The molecule has 0 N–H and O–H groups in total. The van der Waals surface area contributed by atoms with E-state index in [2.05, 4.69) is 42.1 Å². The molecule has 4 nitrogen and oxygen atoms in total. The van der Waals surface area contributed by atoms with E-state index in [1.807, 2.05) is 30.5 Å². The lowest BCUT2D eigenvalue weighted by molar-refractivity contribution is 0.315. The largest absolute Gasteiger partial charge is 0.493 e. The van der Waals surface area contributed by atoms with E-state index in [0.717, 1.165) is 52.6 Å². The van der Waals surface area contributed by atoms with Gasteiger partial charge >= 0.3 is 0 Å². The molecule has 3 rings (SSSR count). The van der Waals surface area contributed by atoms with Crippen molar-refractivity contribution in [3.8, 4) is 17.0 Å². The fraction of sp³-hybridized carbons (Fsp3) is 0.333. The highest BCUT2D eigenvalue weighted by Gasteiger charge is 2.13. The quantitative estimate of drug-likeness (QED) is 0.727. The minimum atomic E-state index is 0.730. The molecule has 114 valence electrons. The van der Waals surface area contributed by atoms with E-state index >= 15 is 0 Å². The van der Waals surface area contributed by atoms with Gasteiger partial charge in [-0.1, -0.05) is 19.1 Å². The van der Waals surface area contributed by atoms with Crippen molar-refractivity contribution in [2.45, 2.75) is 34.1 Å². The number of aryl methyl sites for hydroxylation is 3. The van der Waals surface area contributed by atoms with Gasteiger partial charge in [-0.3, -0.25) is 0 Å². The standard InChI is InChI=1S/C18H21N3O/c1-5-10-22-16-11-15(8-6-12(16)2)18-14(4)19-17-9-7-13(3)20-21(17)18/h6-9,11H,5,10H2,1-4H3. The topological polar surface area (TPSA) is 39.4 Å². The van der Waals surface area contributed by atoms with Gasteiger partial charge in [0.1, 0.15) is 5.75 Å². The molecule has 0 bridgehead atoms. The maximum absolute atomic E-state index is 5.85. The van der Waals surface area contributed by atoms with Crippen molar-refractivity contribution in [2.24, 2.45) is 0 Å². The van der Waals surface area contributed by atoms with Crippen molar-refractivity contribution < 1.29 is 4.74 Å². The SMILES string of the molecule is CCCOc1cc(-c2c(C)nc3ccc(C)nn23)ccc1C. The van der Waals surface area contributed by atoms with Crippen LogP contribution in [0.2, 0.25) is 0 Å². The zero-order valence-corrected chi connectivity index (χ0v) is 13.6. The molecule has 1 aromatic carbocycles. The molecule has 0 spiro atoms. The molecule has 3 aromatic rings. The molecule has 2 aromatic heterocycles. The summed E-state index contributed by atoms with van der Waals surface area (Å²) in [6.45, 7) is 8.92. The average molecular weight is 295 g/mol. The van der Waals surface area contributed by atoms with Gasteiger partial charge in [0.25, 0.3) is 0 Å². The van der Waals surface area contributed by atoms with E-state index < -0.39 is 0 Å². The van der Waals surface area contributed by atoms with E-state index in [1.165, 1.54) is 0 Å². The van der Waals surface area contributed by atoms with Crippen LogP contribution in [0.1, 0.15) is 30.3 Å². The molecule has 0 aliphatic rings. The molecule has 0 aliphatic heterocycles. The summed E-state index contributed by atoms with van der Waals surface area (Å²) in [6, 6.07) is 10.3. The lowest BCUT2D eigenvalue weighted by Crippen LogP contribution is -1.99. The summed E-state index contributed by atoms with van der Waals surface area (Å²) in [5.74, 6) is 0.932. The molecule has 0 aliphatic carbocycles. The summed E-state index contributed by atoms with van der Waals surface area (Å²) < 4.78 is 7.77. The molecule has 0 fully saturated rings. The van der Waals surface area contributed by atoms with Crippen molar-refractivity contribution in [3.63, 3.8) is 0 Å². The number of fused-ring (bicyclic) bond motifs is 1. The van der Waals surface area contributed by atoms with Crippen LogP contribution in [-0.2, 0) is 0 Å². The van der Waals surface area contributed by atoms with Crippen molar-refractivity contribution in [1.82, 2.24) is 14.6 Å². The molecule has 0 saturated heterocycles. The van der Waals surface area contributed by atoms with Gasteiger partial charge in [0.05, 0.1) is 23.7 Å². The molecule has 0 saturated carbocycles. The van der Waals surface area contributed by atoms with Gasteiger partial charge in [-0.05, 0) is 51.0 Å². The molecular weight excluding hydrogens is 274 g/mol. The van der Waals surface area contributed by atoms with Crippen molar-refractivity contribution in [1.29, 1.82) is 0 Å². The van der Waals surface area contributed by atoms with Gasteiger partial charge in [-0.15, -0.1) is 0 Å². The van der Waals surface area contributed by atoms with Gasteiger partial charge < -0.3 is 4.74 Å². The highest BCUT2D eigenvalue weighted by molar-refractivity contribution is 5.68. The van der Waals surface area contributed by atoms with Crippen LogP contribution in [0, 0.1) is 20.8 Å². The second kappa shape index (κ2) is 5.79. The summed E-state index contributed by atoms with van der Waals surface area (Å²) in [5.41, 5.74) is 6.08. The molecule has 0 amide bonds. The van der Waals surface area contributed by atoms with Crippen molar-refractivity contribution >= 4 is 5.65 Å². The molecule has 0 radical (unpaired) electrons. The normalized spacial score (nSPS) is 11.1. The number of hydrogen-bond acceptors (Lipinski definition) is 3. The first-order valence-corrected chi connectivity index (χ1v) is 7.67. The number of aromatic nitrogens is 3. The first kappa shape index (κ1) is 14.6. The summed E-state index contributed by atoms with van der Waals surface area (Å²) in [5, 5.41) is 4.60. The fourth-order valence-electron chi connectivity index (χ4n) is 2.58. The van der Waals surface area contributed by atoms with Crippen LogP contribution in [0.3, 0.4) is 0 Å². The highest BCUT2D eigenvalue weighted by Crippen LogP contribution is 2.29. The third-order valence-corrected chi connectivity index (χ3v) is 3.71. The Labute approximate surface area is 130 Å². The van der Waals surface area contributed by atoms with Crippen molar-refractivity contribution in [2.75, 3.05) is 6.61 Å². The van der Waals surface area contributed by atoms with Crippen LogP contribution in [0.4, 0.5) is 0 Å². The van der Waals surface area contributed by atoms with E-state index in [1.54, 1.807) is 0 Å². The second-order valence-corrected chi connectivity index (χ2v) is 5.62. The summed E-state index contributed by atoms with van der Waals surface area (Å²) in [7, 11) is 0. The van der Waals surface area contributed by atoms with Crippen LogP contribution in [0.15, 0.2) is 30.3 Å². The number of benzene rings is 1. The van der Waals surface area contributed by atoms with Crippen LogP contribution in [0.5, 0.6) is 5.75 Å². The van der Waals surface area contributed by atoms with E-state index in [9.17, 15) is 0 Å².